The van der Waals surface area contributed by atoms with Crippen molar-refractivity contribution in [1.29, 1.82) is 0 Å². The zero-order valence-corrected chi connectivity index (χ0v) is 8.29. The number of ether oxygens (including phenoxy) is 1. The molecular weight excluding hydrogens is 188 g/mol. The molecular formula is C9H13ClN2O. The van der Waals surface area contributed by atoms with Crippen LogP contribution in [0.1, 0.15) is 18.7 Å². The van der Waals surface area contributed by atoms with Gasteiger partial charge in [-0.25, -0.2) is 0 Å². The molecule has 0 saturated heterocycles. The lowest BCUT2D eigenvalue weighted by Crippen LogP contribution is -2.18. The van der Waals surface area contributed by atoms with E-state index in [0.29, 0.717) is 18.2 Å². The first-order valence-electron chi connectivity index (χ1n) is 4.18. The molecule has 2 N–H and O–H groups in total. The number of nitrogens with zero attached hydrogens (tertiary/aromatic N) is 1. The van der Waals surface area contributed by atoms with Gasteiger partial charge in [0.2, 0.25) is 0 Å². The predicted octanol–water partition coefficient (Wildman–Crippen LogP) is 1.77. The van der Waals surface area contributed by atoms with E-state index in [1.54, 1.807) is 12.3 Å². The van der Waals surface area contributed by atoms with E-state index in [1.165, 1.54) is 0 Å². The van der Waals surface area contributed by atoms with Crippen LogP contribution in [0, 0.1) is 0 Å². The average Bonchev–Trinajstić information content (AvgIpc) is 2.15. The Bertz CT molecular complexity index is 250. The van der Waals surface area contributed by atoms with E-state index in [4.69, 9.17) is 22.1 Å². The van der Waals surface area contributed by atoms with Crippen molar-refractivity contribution in [3.05, 3.63) is 29.0 Å². The van der Waals surface area contributed by atoms with Crippen molar-refractivity contribution >= 4 is 11.6 Å². The molecule has 0 radical (unpaired) electrons. The lowest BCUT2D eigenvalue weighted by Gasteiger charge is -2.10. The SMILES string of the molecule is CCOCC(N)c1ccc(Cl)cn1. The maximum atomic E-state index is 5.80. The Morgan fingerprint density at radius 1 is 1.62 bits per heavy atom. The zero-order valence-electron chi connectivity index (χ0n) is 7.53. The van der Waals surface area contributed by atoms with Crippen molar-refractivity contribution in [2.45, 2.75) is 13.0 Å². The highest BCUT2D eigenvalue weighted by Gasteiger charge is 2.06. The van der Waals surface area contributed by atoms with Crippen LogP contribution in [-0.4, -0.2) is 18.2 Å². The minimum absolute atomic E-state index is 0.169. The molecule has 0 aliphatic carbocycles. The van der Waals surface area contributed by atoms with Crippen molar-refractivity contribution in [3.8, 4) is 0 Å². The summed E-state index contributed by atoms with van der Waals surface area (Å²) >= 11 is 5.69. The predicted molar refractivity (Wildman–Crippen MR) is 52.7 cm³/mol. The first-order valence-corrected chi connectivity index (χ1v) is 4.56. The van der Waals surface area contributed by atoms with Crippen LogP contribution < -0.4 is 5.73 Å². The van der Waals surface area contributed by atoms with Crippen LogP contribution in [-0.2, 0) is 4.74 Å². The number of pyridine rings is 1. The summed E-state index contributed by atoms with van der Waals surface area (Å²) in [5.41, 5.74) is 6.60. The van der Waals surface area contributed by atoms with E-state index in [9.17, 15) is 0 Å². The lowest BCUT2D eigenvalue weighted by molar-refractivity contribution is 0.132. The van der Waals surface area contributed by atoms with Crippen LogP contribution in [0.15, 0.2) is 18.3 Å². The molecule has 3 nitrogen and oxygen atoms in total. The van der Waals surface area contributed by atoms with Crippen LogP contribution in [0.3, 0.4) is 0 Å². The Hall–Kier alpha value is -0.640. The smallest absolute Gasteiger partial charge is 0.0707 e. The van der Waals surface area contributed by atoms with Gasteiger partial charge in [0, 0.05) is 12.8 Å². The highest BCUT2D eigenvalue weighted by molar-refractivity contribution is 6.30. The third-order valence-corrected chi connectivity index (χ3v) is 1.86. The molecule has 1 unspecified atom stereocenters. The van der Waals surface area contributed by atoms with Gasteiger partial charge in [0.1, 0.15) is 0 Å². The standard InChI is InChI=1S/C9H13ClN2O/c1-2-13-6-8(11)9-4-3-7(10)5-12-9/h3-5,8H,2,6,11H2,1H3. The first kappa shape index (κ1) is 10.4. The molecule has 0 amide bonds. The molecule has 0 aromatic carbocycles. The Balaban J connectivity index is 2.55. The van der Waals surface area contributed by atoms with Gasteiger partial charge in [0.05, 0.1) is 23.4 Å². The fourth-order valence-corrected chi connectivity index (χ4v) is 1.05. The highest BCUT2D eigenvalue weighted by Crippen LogP contribution is 2.11. The molecule has 1 aromatic rings. The minimum Gasteiger partial charge on any atom is -0.380 e. The Morgan fingerprint density at radius 2 is 2.38 bits per heavy atom. The third-order valence-electron chi connectivity index (χ3n) is 1.63. The van der Waals surface area contributed by atoms with Gasteiger partial charge in [-0.2, -0.15) is 0 Å². The summed E-state index contributed by atoms with van der Waals surface area (Å²) in [6.07, 6.45) is 1.59. The van der Waals surface area contributed by atoms with Gasteiger partial charge in [-0.05, 0) is 19.1 Å². The van der Waals surface area contributed by atoms with Crippen molar-refractivity contribution in [2.24, 2.45) is 5.73 Å². The fraction of sp³-hybridized carbons (Fsp3) is 0.444. The molecule has 1 heterocycles. The van der Waals surface area contributed by atoms with Crippen LogP contribution in [0.25, 0.3) is 0 Å². The van der Waals surface area contributed by atoms with Gasteiger partial charge in [-0.1, -0.05) is 11.6 Å². The summed E-state index contributed by atoms with van der Waals surface area (Å²) in [5.74, 6) is 0. The second-order valence-corrected chi connectivity index (χ2v) is 3.10. The molecule has 1 aromatic heterocycles. The van der Waals surface area contributed by atoms with Gasteiger partial charge < -0.3 is 10.5 Å². The average molecular weight is 201 g/mol. The number of hydrogen-bond donors (Lipinski definition) is 1. The first-order chi connectivity index (χ1) is 6.24. The lowest BCUT2D eigenvalue weighted by atomic mass is 10.2. The topological polar surface area (TPSA) is 48.1 Å². The fourth-order valence-electron chi connectivity index (χ4n) is 0.937. The maximum Gasteiger partial charge on any atom is 0.0707 e. The van der Waals surface area contributed by atoms with E-state index in [0.717, 1.165) is 5.69 Å². The molecule has 0 fully saturated rings. The van der Waals surface area contributed by atoms with Crippen LogP contribution >= 0.6 is 11.6 Å². The van der Waals surface area contributed by atoms with Gasteiger partial charge >= 0.3 is 0 Å². The monoisotopic (exact) mass is 200 g/mol. The molecule has 13 heavy (non-hydrogen) atoms. The van der Waals surface area contributed by atoms with Gasteiger partial charge in [-0.15, -0.1) is 0 Å². The summed E-state index contributed by atoms with van der Waals surface area (Å²) in [7, 11) is 0. The van der Waals surface area contributed by atoms with Crippen LogP contribution in [0.2, 0.25) is 5.02 Å². The summed E-state index contributed by atoms with van der Waals surface area (Å²) < 4.78 is 5.18. The van der Waals surface area contributed by atoms with Gasteiger partial charge in [0.15, 0.2) is 0 Å². The number of nitrogens with two attached hydrogens (primary N) is 1. The third kappa shape index (κ3) is 3.30. The van der Waals surface area contributed by atoms with Crippen molar-refractivity contribution < 1.29 is 4.74 Å². The van der Waals surface area contributed by atoms with Crippen molar-refractivity contribution in [2.75, 3.05) is 13.2 Å². The number of rotatable bonds is 4. The minimum atomic E-state index is -0.169. The second kappa shape index (κ2) is 5.17. The van der Waals surface area contributed by atoms with Crippen molar-refractivity contribution in [1.82, 2.24) is 4.98 Å². The van der Waals surface area contributed by atoms with E-state index < -0.39 is 0 Å². The molecule has 1 rings (SSSR count). The Labute approximate surface area is 82.9 Å². The Morgan fingerprint density at radius 3 is 2.92 bits per heavy atom. The van der Waals surface area contributed by atoms with E-state index in [2.05, 4.69) is 4.98 Å². The van der Waals surface area contributed by atoms with E-state index >= 15 is 0 Å². The summed E-state index contributed by atoms with van der Waals surface area (Å²) in [6.45, 7) is 3.09. The van der Waals surface area contributed by atoms with Gasteiger partial charge in [0.25, 0.3) is 0 Å². The summed E-state index contributed by atoms with van der Waals surface area (Å²) in [6, 6.07) is 3.42. The van der Waals surface area contributed by atoms with Crippen LogP contribution in [0.5, 0.6) is 0 Å². The molecule has 72 valence electrons. The molecule has 0 aliphatic heterocycles. The summed E-state index contributed by atoms with van der Waals surface area (Å²) in [4.78, 5) is 4.09. The van der Waals surface area contributed by atoms with Crippen molar-refractivity contribution in [3.63, 3.8) is 0 Å². The number of aromatic nitrogens is 1. The molecule has 0 bridgehead atoms. The van der Waals surface area contributed by atoms with Crippen LogP contribution in [0.4, 0.5) is 0 Å². The van der Waals surface area contributed by atoms with Gasteiger partial charge in [-0.3, -0.25) is 4.98 Å². The second-order valence-electron chi connectivity index (χ2n) is 2.67. The molecule has 0 aliphatic rings. The van der Waals surface area contributed by atoms with E-state index in [-0.39, 0.29) is 6.04 Å². The Kier molecular flexibility index (Phi) is 4.15. The quantitative estimate of drug-likeness (QED) is 0.806. The molecule has 0 spiro atoms. The molecule has 4 heteroatoms. The molecule has 0 saturated carbocycles. The maximum absolute atomic E-state index is 5.80. The number of halogens is 1. The number of hydrogen-bond acceptors (Lipinski definition) is 3. The highest BCUT2D eigenvalue weighted by atomic mass is 35.5. The summed E-state index contributed by atoms with van der Waals surface area (Å²) in [5, 5.41) is 0.618. The molecule has 1 atom stereocenters. The van der Waals surface area contributed by atoms with E-state index in [1.807, 2.05) is 13.0 Å². The normalized spacial score (nSPS) is 12.8. The zero-order chi connectivity index (χ0) is 9.68. The largest absolute Gasteiger partial charge is 0.380 e.